The first-order valence-corrected chi connectivity index (χ1v) is 13.6. The minimum Gasteiger partial charge on any atom is -0.387 e. The number of hydrogen-bond acceptors (Lipinski definition) is 5. The lowest BCUT2D eigenvalue weighted by atomic mass is 10.1. The molecule has 0 aliphatic carbocycles. The number of para-hydroxylation sites is 1. The molecule has 5 rings (SSSR count). The number of fused-ring (bicyclic) bond motifs is 2. The zero-order chi connectivity index (χ0) is 27.7. The molecule has 5 aromatic rings. The molecule has 1 unspecified atom stereocenters. The van der Waals surface area contributed by atoms with Gasteiger partial charge in [-0.2, -0.15) is 0 Å². The van der Waals surface area contributed by atoms with Crippen LogP contribution in [0.3, 0.4) is 0 Å². The Balaban J connectivity index is 1.29. The van der Waals surface area contributed by atoms with Gasteiger partial charge in [0.05, 0.1) is 22.7 Å². The number of rotatable bonds is 9. The van der Waals surface area contributed by atoms with Crippen LogP contribution in [0.2, 0.25) is 0 Å². The Hall–Kier alpha value is -3.79. The number of nitrogens with zero attached hydrogens (tertiary/aromatic N) is 2. The molecule has 0 fully saturated rings. The topological polar surface area (TPSA) is 90.4 Å². The van der Waals surface area contributed by atoms with Crippen LogP contribution in [0, 0.1) is 12.7 Å². The molecule has 3 heterocycles. The lowest BCUT2D eigenvalue weighted by molar-refractivity contribution is -0.120. The van der Waals surface area contributed by atoms with Crippen LogP contribution < -0.4 is 10.7 Å². The second-order valence-electron chi connectivity index (χ2n) is 10.0. The van der Waals surface area contributed by atoms with Gasteiger partial charge in [-0.15, -0.1) is 11.3 Å². The van der Waals surface area contributed by atoms with E-state index in [-0.39, 0.29) is 30.1 Å². The molecule has 0 aliphatic rings. The molecule has 0 aliphatic heterocycles. The highest BCUT2D eigenvalue weighted by atomic mass is 32.1. The number of aryl methyl sites for hydroxylation is 2. The average Bonchev–Trinajstić information content (AvgIpc) is 3.48. The third-order valence-electron chi connectivity index (χ3n) is 7.05. The second-order valence-corrected chi connectivity index (χ2v) is 11.1. The normalized spacial score (nSPS) is 12.5. The maximum Gasteiger partial charge on any atom is 0.224 e. The summed E-state index contributed by atoms with van der Waals surface area (Å²) in [5.41, 5.74) is 4.81. The smallest absolute Gasteiger partial charge is 0.224 e. The van der Waals surface area contributed by atoms with E-state index in [1.165, 1.54) is 23.5 Å². The standard InChI is InChI=1S/C30H31FN4O3S/c1-18-26(17-34(2)16-25(36)23-14-32-24-7-5-4-6-22(23)24)39-30-28(18)35(3)15-20(29(30)38)12-27(37)33-13-19-8-10-21(31)11-9-19/h4-11,14-15,25,32,36H,12-13,16-17H2,1-3H3,(H,33,37). The number of carbonyl (C=O) groups excluding carboxylic acids is 1. The van der Waals surface area contributed by atoms with Gasteiger partial charge in [-0.3, -0.25) is 14.5 Å². The van der Waals surface area contributed by atoms with Crippen LogP contribution in [0.15, 0.2) is 65.7 Å². The third-order valence-corrected chi connectivity index (χ3v) is 8.31. The third kappa shape index (κ3) is 5.66. The van der Waals surface area contributed by atoms with Crippen molar-refractivity contribution in [1.29, 1.82) is 0 Å². The number of aromatic nitrogens is 2. The first-order valence-electron chi connectivity index (χ1n) is 12.8. The van der Waals surface area contributed by atoms with Crippen molar-refractivity contribution < 1.29 is 14.3 Å². The van der Waals surface area contributed by atoms with Gasteiger partial charge in [0.25, 0.3) is 0 Å². The summed E-state index contributed by atoms with van der Waals surface area (Å²) < 4.78 is 15.6. The van der Waals surface area contributed by atoms with Crippen molar-refractivity contribution in [3.05, 3.63) is 104 Å². The van der Waals surface area contributed by atoms with E-state index in [1.807, 2.05) is 56.0 Å². The second kappa shape index (κ2) is 11.1. The summed E-state index contributed by atoms with van der Waals surface area (Å²) in [7, 11) is 3.84. The Morgan fingerprint density at radius 3 is 2.72 bits per heavy atom. The molecule has 0 saturated heterocycles. The zero-order valence-corrected chi connectivity index (χ0v) is 22.9. The van der Waals surface area contributed by atoms with E-state index in [0.29, 0.717) is 23.4 Å². The number of aromatic amines is 1. The summed E-state index contributed by atoms with van der Waals surface area (Å²) in [6.07, 6.45) is 2.89. The van der Waals surface area contributed by atoms with E-state index in [9.17, 15) is 19.1 Å². The van der Waals surface area contributed by atoms with E-state index in [4.69, 9.17) is 0 Å². The van der Waals surface area contributed by atoms with Crippen LogP contribution in [0.5, 0.6) is 0 Å². The molecule has 0 spiro atoms. The van der Waals surface area contributed by atoms with Crippen LogP contribution in [-0.2, 0) is 31.4 Å². The molecule has 3 aromatic heterocycles. The van der Waals surface area contributed by atoms with E-state index >= 15 is 0 Å². The molecule has 0 radical (unpaired) electrons. The number of amides is 1. The van der Waals surface area contributed by atoms with Crippen LogP contribution in [0.4, 0.5) is 4.39 Å². The van der Waals surface area contributed by atoms with Gasteiger partial charge in [-0.1, -0.05) is 30.3 Å². The van der Waals surface area contributed by atoms with Gasteiger partial charge in [0, 0.05) is 66.0 Å². The number of halogens is 1. The van der Waals surface area contributed by atoms with Gasteiger partial charge < -0.3 is 20.0 Å². The highest BCUT2D eigenvalue weighted by Crippen LogP contribution is 2.31. The molecule has 0 bridgehead atoms. The maximum absolute atomic E-state index is 13.4. The monoisotopic (exact) mass is 546 g/mol. The summed E-state index contributed by atoms with van der Waals surface area (Å²) in [4.78, 5) is 32.3. The van der Waals surface area contributed by atoms with Gasteiger partial charge in [-0.05, 0) is 43.3 Å². The van der Waals surface area contributed by atoms with E-state index < -0.39 is 6.10 Å². The summed E-state index contributed by atoms with van der Waals surface area (Å²) >= 11 is 1.44. The number of carbonyl (C=O) groups is 1. The highest BCUT2D eigenvalue weighted by molar-refractivity contribution is 7.19. The summed E-state index contributed by atoms with van der Waals surface area (Å²) in [6.45, 7) is 3.29. The van der Waals surface area contributed by atoms with Crippen molar-refractivity contribution in [1.82, 2.24) is 19.8 Å². The lowest BCUT2D eigenvalue weighted by Gasteiger charge is -2.20. The number of benzene rings is 2. The fourth-order valence-corrected chi connectivity index (χ4v) is 6.42. The quantitative estimate of drug-likeness (QED) is 0.253. The number of aliphatic hydroxyl groups excluding tert-OH is 1. The Morgan fingerprint density at radius 2 is 1.95 bits per heavy atom. The van der Waals surface area contributed by atoms with Crippen molar-refractivity contribution in [2.24, 2.45) is 7.05 Å². The average molecular weight is 547 g/mol. The Morgan fingerprint density at radius 1 is 1.21 bits per heavy atom. The largest absolute Gasteiger partial charge is 0.387 e. The van der Waals surface area contributed by atoms with Gasteiger partial charge in [-0.25, -0.2) is 4.39 Å². The van der Waals surface area contributed by atoms with Crippen LogP contribution >= 0.6 is 11.3 Å². The first-order chi connectivity index (χ1) is 18.7. The molecule has 3 N–H and O–H groups in total. The fourth-order valence-electron chi connectivity index (χ4n) is 5.02. The number of thiophene rings is 1. The number of aliphatic hydroxyl groups is 1. The molecule has 9 heteroatoms. The summed E-state index contributed by atoms with van der Waals surface area (Å²) in [6, 6.07) is 13.8. The Bertz CT molecular complexity index is 1700. The number of likely N-dealkylation sites (N-methyl/N-ethyl adjacent to an activating group) is 1. The Kier molecular flexibility index (Phi) is 7.65. The van der Waals surface area contributed by atoms with Crippen molar-refractivity contribution in [3.8, 4) is 0 Å². The Labute approximate surface area is 229 Å². The van der Waals surface area contributed by atoms with Crippen LogP contribution in [0.1, 0.15) is 33.2 Å². The van der Waals surface area contributed by atoms with Gasteiger partial charge in [0.15, 0.2) is 0 Å². The maximum atomic E-state index is 13.4. The van der Waals surface area contributed by atoms with E-state index in [0.717, 1.165) is 38.0 Å². The minimum absolute atomic E-state index is 0.0349. The molecule has 202 valence electrons. The van der Waals surface area contributed by atoms with Crippen molar-refractivity contribution in [2.75, 3.05) is 13.6 Å². The lowest BCUT2D eigenvalue weighted by Crippen LogP contribution is -2.27. The molecule has 1 amide bonds. The first kappa shape index (κ1) is 26.8. The van der Waals surface area contributed by atoms with Gasteiger partial charge in [0.2, 0.25) is 11.3 Å². The van der Waals surface area contributed by atoms with Gasteiger partial charge in [0.1, 0.15) is 5.82 Å². The van der Waals surface area contributed by atoms with Crippen molar-refractivity contribution >= 4 is 38.4 Å². The van der Waals surface area contributed by atoms with E-state index in [2.05, 4.69) is 15.2 Å². The number of nitrogens with one attached hydrogen (secondary N) is 2. The molecular formula is C30H31FN4O3S. The molecule has 0 saturated carbocycles. The van der Waals surface area contributed by atoms with E-state index in [1.54, 1.807) is 18.3 Å². The SMILES string of the molecule is Cc1c(CN(C)CC(O)c2c[nH]c3ccccc23)sc2c(=O)c(CC(=O)NCc3ccc(F)cc3)cn(C)c12. The predicted molar refractivity (Wildman–Crippen MR) is 153 cm³/mol. The number of pyridine rings is 1. The number of H-pyrrole nitrogens is 1. The minimum atomic E-state index is -0.660. The predicted octanol–water partition coefficient (Wildman–Crippen LogP) is 4.55. The molecule has 7 nitrogen and oxygen atoms in total. The summed E-state index contributed by atoms with van der Waals surface area (Å²) in [5.74, 6) is -0.598. The number of hydrogen-bond donors (Lipinski definition) is 3. The molecule has 1 atom stereocenters. The zero-order valence-electron chi connectivity index (χ0n) is 22.1. The molecular weight excluding hydrogens is 515 g/mol. The van der Waals surface area contributed by atoms with Crippen LogP contribution in [0.25, 0.3) is 21.1 Å². The van der Waals surface area contributed by atoms with Crippen molar-refractivity contribution in [2.45, 2.75) is 32.5 Å². The van der Waals surface area contributed by atoms with Gasteiger partial charge >= 0.3 is 0 Å². The fraction of sp³-hybridized carbons (Fsp3) is 0.267. The molecule has 39 heavy (non-hydrogen) atoms. The highest BCUT2D eigenvalue weighted by Gasteiger charge is 2.20. The van der Waals surface area contributed by atoms with Crippen LogP contribution in [-0.4, -0.2) is 39.1 Å². The van der Waals surface area contributed by atoms with Crippen molar-refractivity contribution in [3.63, 3.8) is 0 Å². The molecule has 2 aromatic carbocycles. The summed E-state index contributed by atoms with van der Waals surface area (Å²) in [5, 5.41) is 14.7.